The molecule has 2 nitrogen and oxygen atoms in total. The lowest BCUT2D eigenvalue weighted by Crippen LogP contribution is -2.73. The van der Waals surface area contributed by atoms with Crippen LogP contribution in [0.4, 0.5) is 0 Å². The molecule has 2 heteroatoms. The van der Waals surface area contributed by atoms with Gasteiger partial charge in [-0.2, -0.15) is 0 Å². The van der Waals surface area contributed by atoms with Crippen molar-refractivity contribution in [2.24, 2.45) is 16.7 Å². The van der Waals surface area contributed by atoms with Gasteiger partial charge in [-0.3, -0.25) is 0 Å². The lowest BCUT2D eigenvalue weighted by atomic mass is 9.44. The summed E-state index contributed by atoms with van der Waals surface area (Å²) in [5.41, 5.74) is 0.292. The summed E-state index contributed by atoms with van der Waals surface area (Å²) in [7, 11) is 0. The number of hydrogen-bond donors (Lipinski definition) is 0. The monoisotopic (exact) mass is 184 g/mol. The first kappa shape index (κ1) is 9.47. The lowest BCUT2D eigenvalue weighted by Gasteiger charge is -2.68. The van der Waals surface area contributed by atoms with Crippen molar-refractivity contribution in [1.82, 2.24) is 0 Å². The van der Waals surface area contributed by atoms with Crippen molar-refractivity contribution in [3.05, 3.63) is 0 Å². The van der Waals surface area contributed by atoms with Gasteiger partial charge in [0.25, 0.3) is 0 Å². The molecule has 0 bridgehead atoms. The first-order chi connectivity index (χ1) is 5.86. The highest BCUT2D eigenvalue weighted by Crippen LogP contribution is 2.68. The molecule has 1 aliphatic carbocycles. The minimum atomic E-state index is -0.320. The van der Waals surface area contributed by atoms with Gasteiger partial charge in [-0.25, -0.2) is 0 Å². The summed E-state index contributed by atoms with van der Waals surface area (Å²) in [4.78, 5) is 0. The van der Waals surface area contributed by atoms with E-state index >= 15 is 0 Å². The quantitative estimate of drug-likeness (QED) is 0.575. The first-order valence-corrected chi connectivity index (χ1v) is 5.14. The molecule has 0 unspecified atom stereocenters. The zero-order valence-electron chi connectivity index (χ0n) is 9.31. The molecule has 2 aliphatic rings. The fraction of sp³-hybridized carbons (Fsp3) is 1.00. The summed E-state index contributed by atoms with van der Waals surface area (Å²) >= 11 is 0. The predicted molar refractivity (Wildman–Crippen MR) is 51.4 cm³/mol. The second-order valence-corrected chi connectivity index (χ2v) is 5.48. The third kappa shape index (κ3) is 0.774. The molecule has 1 aliphatic heterocycles. The van der Waals surface area contributed by atoms with E-state index in [-0.39, 0.29) is 16.6 Å². The van der Waals surface area contributed by atoms with Crippen LogP contribution >= 0.6 is 0 Å². The highest BCUT2D eigenvalue weighted by molar-refractivity contribution is 5.15. The normalized spacial score (nSPS) is 34.8. The van der Waals surface area contributed by atoms with Crippen LogP contribution in [0.15, 0.2) is 0 Å². The zero-order chi connectivity index (χ0) is 9.91. The maximum absolute atomic E-state index is 5.86. The molecule has 0 amide bonds. The minimum absolute atomic E-state index is 0.146. The van der Waals surface area contributed by atoms with Crippen molar-refractivity contribution in [2.75, 3.05) is 13.2 Å². The molecule has 0 radical (unpaired) electrons. The molecular weight excluding hydrogens is 164 g/mol. The van der Waals surface area contributed by atoms with Gasteiger partial charge in [0, 0.05) is 10.8 Å². The van der Waals surface area contributed by atoms with Crippen molar-refractivity contribution in [3.63, 3.8) is 0 Å². The minimum Gasteiger partial charge on any atom is -0.346 e. The molecule has 0 aromatic carbocycles. The maximum atomic E-state index is 5.86. The van der Waals surface area contributed by atoms with E-state index in [4.69, 9.17) is 9.47 Å². The van der Waals surface area contributed by atoms with Crippen molar-refractivity contribution < 1.29 is 9.47 Å². The smallest absolute Gasteiger partial charge is 0.179 e. The molecule has 1 spiro atoms. The summed E-state index contributed by atoms with van der Waals surface area (Å²) in [5.74, 6) is 0.317. The Labute approximate surface area is 80.6 Å². The van der Waals surface area contributed by atoms with E-state index in [2.05, 4.69) is 34.6 Å². The third-order valence-corrected chi connectivity index (χ3v) is 4.56. The van der Waals surface area contributed by atoms with Gasteiger partial charge in [-0.1, -0.05) is 34.6 Å². The van der Waals surface area contributed by atoms with Gasteiger partial charge in [0.05, 0.1) is 13.2 Å². The average Bonchev–Trinajstić information content (AvgIpc) is 2.52. The average molecular weight is 184 g/mol. The Morgan fingerprint density at radius 3 is 1.69 bits per heavy atom. The van der Waals surface area contributed by atoms with Gasteiger partial charge in [0.15, 0.2) is 5.79 Å². The molecule has 2 fully saturated rings. The van der Waals surface area contributed by atoms with E-state index in [1.807, 2.05) is 0 Å². The molecule has 2 rings (SSSR count). The van der Waals surface area contributed by atoms with Gasteiger partial charge in [-0.05, 0) is 5.92 Å². The molecule has 1 saturated carbocycles. The largest absolute Gasteiger partial charge is 0.346 e. The van der Waals surface area contributed by atoms with E-state index in [1.54, 1.807) is 0 Å². The van der Waals surface area contributed by atoms with Crippen LogP contribution in [-0.2, 0) is 9.47 Å². The molecule has 0 aromatic rings. The van der Waals surface area contributed by atoms with Crippen LogP contribution in [0.5, 0.6) is 0 Å². The van der Waals surface area contributed by atoms with Crippen LogP contribution in [0, 0.1) is 16.7 Å². The molecule has 13 heavy (non-hydrogen) atoms. The Morgan fingerprint density at radius 1 is 0.923 bits per heavy atom. The molecule has 0 N–H and O–H groups in total. The van der Waals surface area contributed by atoms with Gasteiger partial charge in [0.2, 0.25) is 0 Å². The van der Waals surface area contributed by atoms with E-state index in [0.29, 0.717) is 5.92 Å². The third-order valence-electron chi connectivity index (χ3n) is 4.56. The fourth-order valence-electron chi connectivity index (χ4n) is 3.38. The second-order valence-electron chi connectivity index (χ2n) is 5.48. The van der Waals surface area contributed by atoms with Crippen LogP contribution in [0.3, 0.4) is 0 Å². The number of rotatable bonds is 0. The first-order valence-electron chi connectivity index (χ1n) is 5.14. The van der Waals surface area contributed by atoms with E-state index in [1.165, 1.54) is 0 Å². The molecule has 1 heterocycles. The Kier molecular flexibility index (Phi) is 1.67. The number of hydrogen-bond acceptors (Lipinski definition) is 2. The molecular formula is C11H20O2. The SMILES string of the molecule is CC1C(C)(C)C2(OCCO2)C1(C)C. The lowest BCUT2D eigenvalue weighted by molar-refractivity contribution is -0.391. The van der Waals surface area contributed by atoms with Crippen molar-refractivity contribution in [3.8, 4) is 0 Å². The van der Waals surface area contributed by atoms with Crippen molar-refractivity contribution >= 4 is 0 Å². The molecule has 76 valence electrons. The Hall–Kier alpha value is -0.0800. The van der Waals surface area contributed by atoms with Crippen LogP contribution < -0.4 is 0 Å². The van der Waals surface area contributed by atoms with Crippen LogP contribution in [0.1, 0.15) is 34.6 Å². The summed E-state index contributed by atoms with van der Waals surface area (Å²) in [5, 5.41) is 0. The Morgan fingerprint density at radius 2 is 1.31 bits per heavy atom. The van der Waals surface area contributed by atoms with Crippen LogP contribution in [-0.4, -0.2) is 19.0 Å². The summed E-state index contributed by atoms with van der Waals surface area (Å²) in [6.07, 6.45) is 0. The highest BCUT2D eigenvalue weighted by atomic mass is 16.7. The molecule has 0 atom stereocenters. The van der Waals surface area contributed by atoms with Crippen molar-refractivity contribution in [2.45, 2.75) is 40.4 Å². The zero-order valence-corrected chi connectivity index (χ0v) is 9.31. The van der Waals surface area contributed by atoms with Gasteiger partial charge in [-0.15, -0.1) is 0 Å². The number of ether oxygens (including phenoxy) is 2. The van der Waals surface area contributed by atoms with Crippen LogP contribution in [0.2, 0.25) is 0 Å². The summed E-state index contributed by atoms with van der Waals surface area (Å²) in [6, 6.07) is 0. The van der Waals surface area contributed by atoms with E-state index < -0.39 is 0 Å². The Balaban J connectivity index is 2.36. The van der Waals surface area contributed by atoms with E-state index in [9.17, 15) is 0 Å². The van der Waals surface area contributed by atoms with E-state index in [0.717, 1.165) is 13.2 Å². The fourth-order valence-corrected chi connectivity index (χ4v) is 3.38. The topological polar surface area (TPSA) is 18.5 Å². The standard InChI is InChI=1S/C11H20O2/c1-8-9(2,3)11(10(8,4)5)12-6-7-13-11/h8H,6-7H2,1-5H3. The maximum Gasteiger partial charge on any atom is 0.179 e. The van der Waals surface area contributed by atoms with Crippen LogP contribution in [0.25, 0.3) is 0 Å². The van der Waals surface area contributed by atoms with Gasteiger partial charge < -0.3 is 9.47 Å². The second kappa shape index (κ2) is 2.29. The summed E-state index contributed by atoms with van der Waals surface area (Å²) in [6.45, 7) is 12.8. The summed E-state index contributed by atoms with van der Waals surface area (Å²) < 4.78 is 11.7. The molecule has 0 aromatic heterocycles. The molecule has 1 saturated heterocycles. The highest BCUT2D eigenvalue weighted by Gasteiger charge is 2.73. The predicted octanol–water partition coefficient (Wildman–Crippen LogP) is 2.43. The Bertz CT molecular complexity index is 206. The van der Waals surface area contributed by atoms with Gasteiger partial charge >= 0.3 is 0 Å². The van der Waals surface area contributed by atoms with Crippen molar-refractivity contribution in [1.29, 1.82) is 0 Å². The van der Waals surface area contributed by atoms with Gasteiger partial charge in [0.1, 0.15) is 0 Å².